The predicted octanol–water partition coefficient (Wildman–Crippen LogP) is 9.67. The van der Waals surface area contributed by atoms with Crippen LogP contribution in [0.4, 0.5) is 11.4 Å². The molecular weight excluding hydrogens is 669 g/mol. The number of rotatable bonds is 5. The molecule has 7 nitrogen and oxygen atoms in total. The van der Waals surface area contributed by atoms with Crippen LogP contribution in [0.15, 0.2) is 129 Å². The number of aromatic hydroxyl groups is 1. The molecule has 5 aromatic rings. The summed E-state index contributed by atoms with van der Waals surface area (Å²) in [7, 11) is 2.98. The molecule has 54 heavy (non-hydrogen) atoms. The molecule has 0 radical (unpaired) electrons. The van der Waals surface area contributed by atoms with E-state index in [0.717, 1.165) is 38.1 Å². The van der Waals surface area contributed by atoms with E-state index in [9.17, 15) is 14.7 Å². The molecule has 0 amide bonds. The standard InChI is InChI=1S/C47H48N4O3/c1-28(2)51-36-25-21-30-15-10-12-19-34(30)42(36)47(5,6)38(51)27-23-32-17-13-16-31(39(32)40-43(52)49(7)45(54)50(8)44(40)53)22-26-37-46(3,4)41-33-18-11-9-14-29(33)20-24-35(41)48-37/h9-12,14-15,18-28,52H,13,16-17H2,1-8H3/b26-22+,32-23+,38-27+. The van der Waals surface area contributed by atoms with Gasteiger partial charge < -0.3 is 10.0 Å². The number of anilines is 1. The lowest BCUT2D eigenvalue weighted by Crippen LogP contribution is -2.38. The summed E-state index contributed by atoms with van der Waals surface area (Å²) >= 11 is 0. The summed E-state index contributed by atoms with van der Waals surface area (Å²) in [6.07, 6.45) is 10.8. The van der Waals surface area contributed by atoms with Gasteiger partial charge >= 0.3 is 5.69 Å². The first kappa shape index (κ1) is 35.3. The number of nitrogens with zero attached hydrogens (tertiary/aromatic N) is 4. The average Bonchev–Trinajstić information content (AvgIpc) is 3.56. The van der Waals surface area contributed by atoms with Crippen LogP contribution in [0.1, 0.15) is 77.5 Å². The number of allylic oxidation sites excluding steroid dienone is 8. The molecular formula is C47H48N4O3. The van der Waals surface area contributed by atoms with Crippen molar-refractivity contribution in [1.29, 1.82) is 0 Å². The molecule has 0 fully saturated rings. The Hall–Kier alpha value is -5.69. The van der Waals surface area contributed by atoms with E-state index in [2.05, 4.69) is 144 Å². The van der Waals surface area contributed by atoms with Gasteiger partial charge in [-0.3, -0.25) is 18.9 Å². The zero-order valence-corrected chi connectivity index (χ0v) is 32.5. The maximum absolute atomic E-state index is 14.0. The molecule has 0 spiro atoms. The van der Waals surface area contributed by atoms with E-state index in [1.165, 1.54) is 58.2 Å². The third kappa shape index (κ3) is 5.27. The fourth-order valence-corrected chi connectivity index (χ4v) is 9.17. The number of benzene rings is 4. The Labute approximate surface area is 316 Å². The average molecular weight is 717 g/mol. The van der Waals surface area contributed by atoms with Crippen molar-refractivity contribution in [3.05, 3.63) is 151 Å². The summed E-state index contributed by atoms with van der Waals surface area (Å²) in [4.78, 5) is 34.5. The second kappa shape index (κ2) is 12.7. The van der Waals surface area contributed by atoms with Crippen LogP contribution in [0.5, 0.6) is 5.88 Å². The van der Waals surface area contributed by atoms with Crippen molar-refractivity contribution < 1.29 is 5.11 Å². The topological polar surface area (TPSA) is 79.8 Å². The maximum Gasteiger partial charge on any atom is 0.333 e. The number of hydrogen-bond donors (Lipinski definition) is 1. The molecule has 0 bridgehead atoms. The fraction of sp³-hybridized carbons (Fsp3) is 0.298. The summed E-state index contributed by atoms with van der Waals surface area (Å²) in [5.74, 6) is -0.328. The summed E-state index contributed by atoms with van der Waals surface area (Å²) in [5.41, 5.74) is 7.74. The Morgan fingerprint density at radius 3 is 2.09 bits per heavy atom. The molecule has 1 N–H and O–H groups in total. The largest absolute Gasteiger partial charge is 0.494 e. The van der Waals surface area contributed by atoms with Gasteiger partial charge in [0.25, 0.3) is 5.56 Å². The summed E-state index contributed by atoms with van der Waals surface area (Å²) in [6, 6.07) is 25.9. The Morgan fingerprint density at radius 1 is 0.759 bits per heavy atom. The normalized spacial score (nSPS) is 19.2. The van der Waals surface area contributed by atoms with Gasteiger partial charge in [-0.25, -0.2) is 4.79 Å². The monoisotopic (exact) mass is 716 g/mol. The molecule has 2 aliphatic heterocycles. The third-order valence-electron chi connectivity index (χ3n) is 11.9. The van der Waals surface area contributed by atoms with Gasteiger partial charge in [-0.1, -0.05) is 101 Å². The highest BCUT2D eigenvalue weighted by Crippen LogP contribution is 2.52. The van der Waals surface area contributed by atoms with Crippen LogP contribution >= 0.6 is 0 Å². The Morgan fingerprint density at radius 2 is 1.41 bits per heavy atom. The lowest BCUT2D eigenvalue weighted by molar-refractivity contribution is 0.409. The molecule has 3 heterocycles. The van der Waals surface area contributed by atoms with Crippen molar-refractivity contribution in [2.45, 2.75) is 77.7 Å². The molecule has 0 atom stereocenters. The Bertz CT molecular complexity index is 2690. The Balaban J connectivity index is 1.30. The van der Waals surface area contributed by atoms with E-state index in [1.54, 1.807) is 0 Å². The Kier molecular flexibility index (Phi) is 8.33. The van der Waals surface area contributed by atoms with Crippen molar-refractivity contribution in [2.75, 3.05) is 4.90 Å². The first-order valence-electron chi connectivity index (χ1n) is 19.0. The molecule has 4 aromatic carbocycles. The second-order valence-electron chi connectivity index (χ2n) is 16.3. The quantitative estimate of drug-likeness (QED) is 0.197. The van der Waals surface area contributed by atoms with Crippen molar-refractivity contribution in [3.8, 4) is 5.88 Å². The van der Waals surface area contributed by atoms with Gasteiger partial charge in [0, 0.05) is 42.4 Å². The lowest BCUT2D eigenvalue weighted by atomic mass is 9.78. The fourth-order valence-electron chi connectivity index (χ4n) is 9.17. The van der Waals surface area contributed by atoms with Gasteiger partial charge in [-0.2, -0.15) is 0 Å². The summed E-state index contributed by atoms with van der Waals surface area (Å²) < 4.78 is 2.24. The molecule has 0 saturated heterocycles. The van der Waals surface area contributed by atoms with Crippen molar-refractivity contribution >= 4 is 44.2 Å². The van der Waals surface area contributed by atoms with E-state index < -0.39 is 11.2 Å². The molecule has 7 heteroatoms. The highest BCUT2D eigenvalue weighted by atomic mass is 16.3. The number of aliphatic imine (C=N–C) groups is 1. The number of hydrogen-bond acceptors (Lipinski definition) is 5. The smallest absolute Gasteiger partial charge is 0.333 e. The van der Waals surface area contributed by atoms with E-state index in [1.807, 2.05) is 0 Å². The van der Waals surface area contributed by atoms with E-state index in [4.69, 9.17) is 4.99 Å². The van der Waals surface area contributed by atoms with Crippen LogP contribution in [-0.4, -0.2) is 26.0 Å². The summed E-state index contributed by atoms with van der Waals surface area (Å²) in [6.45, 7) is 13.4. The third-order valence-corrected chi connectivity index (χ3v) is 11.9. The van der Waals surface area contributed by atoms with E-state index in [0.29, 0.717) is 18.4 Å². The van der Waals surface area contributed by atoms with Crippen LogP contribution in [-0.2, 0) is 24.9 Å². The SMILES string of the molecule is CC(C)N1/C(=C/C=C2\CCCC(/C=C/C3=Nc4ccc5ccccc5c4C3(C)C)=C2c2c(O)n(C)c(=O)n(C)c2=O)C(C)(C)c2c1ccc1ccccc21. The predicted molar refractivity (Wildman–Crippen MR) is 223 cm³/mol. The minimum atomic E-state index is -0.570. The number of aromatic nitrogens is 2. The van der Waals surface area contributed by atoms with Crippen LogP contribution in [0.2, 0.25) is 0 Å². The van der Waals surface area contributed by atoms with Gasteiger partial charge in [-0.15, -0.1) is 0 Å². The van der Waals surface area contributed by atoms with Crippen molar-refractivity contribution in [1.82, 2.24) is 9.13 Å². The van der Waals surface area contributed by atoms with Crippen LogP contribution in [0.25, 0.3) is 27.1 Å². The highest BCUT2D eigenvalue weighted by molar-refractivity contribution is 6.12. The van der Waals surface area contributed by atoms with Crippen LogP contribution < -0.4 is 16.1 Å². The molecule has 3 aliphatic rings. The molecule has 1 aromatic heterocycles. The first-order valence-corrected chi connectivity index (χ1v) is 19.0. The van der Waals surface area contributed by atoms with Crippen LogP contribution in [0.3, 0.4) is 0 Å². The van der Waals surface area contributed by atoms with Crippen molar-refractivity contribution in [3.63, 3.8) is 0 Å². The molecule has 0 unspecified atom stereocenters. The van der Waals surface area contributed by atoms with E-state index >= 15 is 0 Å². The zero-order valence-electron chi connectivity index (χ0n) is 32.5. The molecule has 274 valence electrons. The molecule has 0 saturated carbocycles. The summed E-state index contributed by atoms with van der Waals surface area (Å²) in [5, 5.41) is 16.4. The zero-order chi connectivity index (χ0) is 38.3. The van der Waals surface area contributed by atoms with Gasteiger partial charge in [0.1, 0.15) is 5.56 Å². The minimum absolute atomic E-state index is 0.145. The first-order chi connectivity index (χ1) is 25.7. The number of fused-ring (bicyclic) bond motifs is 6. The van der Waals surface area contributed by atoms with Gasteiger partial charge in [0.05, 0.1) is 11.4 Å². The van der Waals surface area contributed by atoms with E-state index in [-0.39, 0.29) is 28.3 Å². The minimum Gasteiger partial charge on any atom is -0.494 e. The second-order valence-corrected chi connectivity index (χ2v) is 16.3. The highest BCUT2D eigenvalue weighted by Gasteiger charge is 2.42. The van der Waals surface area contributed by atoms with Gasteiger partial charge in [0.15, 0.2) is 0 Å². The molecule has 1 aliphatic carbocycles. The maximum atomic E-state index is 14.0. The van der Waals surface area contributed by atoms with Gasteiger partial charge in [-0.05, 0) is 107 Å². The van der Waals surface area contributed by atoms with Gasteiger partial charge in [0.2, 0.25) is 5.88 Å². The molecule has 8 rings (SSSR count). The van der Waals surface area contributed by atoms with Crippen LogP contribution in [0, 0.1) is 0 Å². The van der Waals surface area contributed by atoms with Crippen molar-refractivity contribution in [2.24, 2.45) is 19.1 Å². The lowest BCUT2D eigenvalue weighted by Gasteiger charge is -2.30.